The van der Waals surface area contributed by atoms with Gasteiger partial charge in [-0.1, -0.05) is 20.8 Å². The molecule has 0 radical (unpaired) electrons. The topological polar surface area (TPSA) is 70.0 Å². The molecule has 4 nitrogen and oxygen atoms in total. The van der Waals surface area contributed by atoms with Gasteiger partial charge in [0.1, 0.15) is 0 Å². The summed E-state index contributed by atoms with van der Waals surface area (Å²) in [5, 5.41) is 2.57. The molecule has 5 heteroatoms. The Hall–Kier alpha value is -0.320. The summed E-state index contributed by atoms with van der Waals surface area (Å²) < 4.78 is 0. The molecular formula is C8H15AgN2O2. The van der Waals surface area contributed by atoms with Crippen LogP contribution in [0.15, 0.2) is 0 Å². The van der Waals surface area contributed by atoms with Crippen molar-refractivity contribution in [1.29, 1.82) is 0 Å². The first kappa shape index (κ1) is 15.2. The fourth-order valence-electron chi connectivity index (χ4n) is 0.555. The van der Waals surface area contributed by atoms with Gasteiger partial charge in [-0.2, -0.15) is 0 Å². The predicted molar refractivity (Wildman–Crippen MR) is 46.4 cm³/mol. The maximum absolute atomic E-state index is 11.2. The number of carbonyl (C=O) groups excluding carboxylic acids is 2. The van der Waals surface area contributed by atoms with Gasteiger partial charge in [0, 0.05) is 18.4 Å². The first-order valence-corrected chi connectivity index (χ1v) is 3.87. The molecule has 0 unspecified atom stereocenters. The van der Waals surface area contributed by atoms with E-state index in [1.807, 2.05) is 0 Å². The fourth-order valence-corrected chi connectivity index (χ4v) is 0.555. The summed E-state index contributed by atoms with van der Waals surface area (Å²) >= 11 is 0. The molecule has 0 saturated carbocycles. The van der Waals surface area contributed by atoms with E-state index < -0.39 is 11.3 Å². The van der Waals surface area contributed by atoms with Crippen LogP contribution in [-0.2, 0) is 32.0 Å². The second kappa shape index (κ2) is 6.18. The zero-order valence-electron chi connectivity index (χ0n) is 8.03. The Labute approximate surface area is 94.1 Å². The van der Waals surface area contributed by atoms with Gasteiger partial charge in [0.2, 0.25) is 5.91 Å². The maximum atomic E-state index is 11.2. The predicted octanol–water partition coefficient (Wildman–Crippen LogP) is 1.12. The fraction of sp³-hybridized carbons (Fsp3) is 0.750. The van der Waals surface area contributed by atoms with Gasteiger partial charge < -0.3 is 15.8 Å². The van der Waals surface area contributed by atoms with Crippen molar-refractivity contribution >= 4 is 11.8 Å². The molecule has 2 N–H and O–H groups in total. The number of hydrogen-bond acceptors (Lipinski definition) is 2. The number of rotatable bonds is 3. The van der Waals surface area contributed by atoms with Crippen LogP contribution in [0.4, 0.5) is 0 Å². The van der Waals surface area contributed by atoms with E-state index in [0.717, 1.165) is 0 Å². The monoisotopic (exact) mass is 278 g/mol. The third kappa shape index (κ3) is 8.02. The van der Waals surface area contributed by atoms with Crippen LogP contribution < -0.4 is 5.32 Å². The Bertz CT molecular complexity index is 187. The first-order valence-electron chi connectivity index (χ1n) is 3.87. The maximum Gasteiger partial charge on any atom is 1.00 e. The van der Waals surface area contributed by atoms with E-state index in [-0.39, 0.29) is 41.3 Å². The molecule has 2 amide bonds. The minimum absolute atomic E-state index is 0. The summed E-state index contributed by atoms with van der Waals surface area (Å²) in [4.78, 5) is 21.4. The molecule has 0 fully saturated rings. The Morgan fingerprint density at radius 3 is 2.08 bits per heavy atom. The molecule has 0 rings (SSSR count). The molecule has 0 saturated heterocycles. The Morgan fingerprint density at radius 2 is 1.77 bits per heavy atom. The van der Waals surface area contributed by atoms with Crippen LogP contribution in [0.3, 0.4) is 0 Å². The van der Waals surface area contributed by atoms with Crippen molar-refractivity contribution in [1.82, 2.24) is 5.32 Å². The van der Waals surface area contributed by atoms with Gasteiger partial charge >= 0.3 is 22.4 Å². The van der Waals surface area contributed by atoms with E-state index in [9.17, 15) is 9.59 Å². The minimum atomic E-state index is -0.649. The third-order valence-corrected chi connectivity index (χ3v) is 1.32. The second-order valence-electron chi connectivity index (χ2n) is 3.68. The van der Waals surface area contributed by atoms with Gasteiger partial charge in [0.05, 0.1) is 5.91 Å². The molecule has 0 heterocycles. The van der Waals surface area contributed by atoms with Crippen molar-refractivity contribution in [3.8, 4) is 0 Å². The molecular weight excluding hydrogens is 264 g/mol. The van der Waals surface area contributed by atoms with E-state index in [2.05, 4.69) is 5.32 Å². The van der Waals surface area contributed by atoms with Crippen molar-refractivity contribution in [2.75, 3.05) is 6.54 Å². The second-order valence-corrected chi connectivity index (χ2v) is 3.68. The summed E-state index contributed by atoms with van der Waals surface area (Å²) in [5.74, 6) is -0.743. The van der Waals surface area contributed by atoms with Crippen molar-refractivity contribution in [2.45, 2.75) is 27.2 Å². The van der Waals surface area contributed by atoms with Crippen LogP contribution in [0.1, 0.15) is 27.2 Å². The summed E-state index contributed by atoms with van der Waals surface area (Å²) in [7, 11) is 0. The Kier molecular flexibility index (Phi) is 7.21. The van der Waals surface area contributed by atoms with Crippen molar-refractivity contribution < 1.29 is 32.0 Å². The normalized spacial score (nSPS) is 10.1. The number of nitrogens with one attached hydrogen (secondary N) is 2. The summed E-state index contributed by atoms with van der Waals surface area (Å²) in [5.41, 5.74) is 6.16. The van der Waals surface area contributed by atoms with Crippen LogP contribution in [0, 0.1) is 5.41 Å². The number of hydrogen-bond donors (Lipinski definition) is 1. The average molecular weight is 279 g/mol. The van der Waals surface area contributed by atoms with Crippen LogP contribution in [-0.4, -0.2) is 18.4 Å². The summed E-state index contributed by atoms with van der Waals surface area (Å²) in [6, 6.07) is 0. The molecule has 0 aromatic heterocycles. The molecule has 0 aliphatic heterocycles. The molecule has 0 spiro atoms. The van der Waals surface area contributed by atoms with Crippen LogP contribution in [0.25, 0.3) is 5.73 Å². The quantitative estimate of drug-likeness (QED) is 0.786. The van der Waals surface area contributed by atoms with Gasteiger partial charge in [-0.05, 0) is 0 Å². The van der Waals surface area contributed by atoms with E-state index in [4.69, 9.17) is 5.73 Å². The van der Waals surface area contributed by atoms with Crippen LogP contribution in [0.5, 0.6) is 0 Å². The Balaban J connectivity index is 0. The van der Waals surface area contributed by atoms with E-state index in [1.54, 1.807) is 20.8 Å². The van der Waals surface area contributed by atoms with E-state index in [0.29, 0.717) is 0 Å². The SMILES string of the molecule is CC(C)(C)C(=O)NCCC([NH-])=O.[Ag+]. The molecule has 0 aromatic carbocycles. The van der Waals surface area contributed by atoms with Gasteiger partial charge in [-0.15, -0.1) is 0 Å². The van der Waals surface area contributed by atoms with Crippen molar-refractivity contribution in [2.24, 2.45) is 5.41 Å². The van der Waals surface area contributed by atoms with E-state index in [1.165, 1.54) is 0 Å². The molecule has 0 aliphatic carbocycles. The third-order valence-electron chi connectivity index (χ3n) is 1.32. The molecule has 0 bridgehead atoms. The molecule has 80 valence electrons. The van der Waals surface area contributed by atoms with Crippen molar-refractivity contribution in [3.05, 3.63) is 5.73 Å². The largest absolute Gasteiger partial charge is 1.00 e. The van der Waals surface area contributed by atoms with Crippen molar-refractivity contribution in [3.63, 3.8) is 0 Å². The van der Waals surface area contributed by atoms with Gasteiger partial charge in [-0.25, -0.2) is 0 Å². The standard InChI is InChI=1S/C8H16N2O2.Ag/c1-8(2,3)7(12)10-5-4-6(9)11;/h4-5H2,1-3H3,(H3,9,10,11,12);/q;+1/p-1. The Morgan fingerprint density at radius 1 is 1.31 bits per heavy atom. The van der Waals surface area contributed by atoms with Gasteiger partial charge in [-0.3, -0.25) is 4.79 Å². The molecule has 13 heavy (non-hydrogen) atoms. The zero-order chi connectivity index (χ0) is 9.78. The summed E-state index contributed by atoms with van der Waals surface area (Å²) in [6.07, 6.45) is 0.0851. The van der Waals surface area contributed by atoms with E-state index >= 15 is 0 Å². The van der Waals surface area contributed by atoms with Gasteiger partial charge in [0.15, 0.2) is 0 Å². The van der Waals surface area contributed by atoms with Crippen LogP contribution >= 0.6 is 0 Å². The molecule has 0 aromatic rings. The number of carbonyl (C=O) groups is 2. The van der Waals surface area contributed by atoms with Crippen LogP contribution in [0.2, 0.25) is 0 Å². The smallest absolute Gasteiger partial charge is 0.668 e. The molecule has 0 aliphatic rings. The summed E-state index contributed by atoms with van der Waals surface area (Å²) in [6.45, 7) is 5.65. The zero-order valence-corrected chi connectivity index (χ0v) is 9.51. The average Bonchev–Trinajstić information content (AvgIpc) is 1.84. The number of amides is 2. The van der Waals surface area contributed by atoms with Gasteiger partial charge in [0.25, 0.3) is 0 Å². The first-order chi connectivity index (χ1) is 5.34. The minimum Gasteiger partial charge on any atom is -0.668 e. The molecule has 0 atom stereocenters.